The van der Waals surface area contributed by atoms with Gasteiger partial charge in [-0.2, -0.15) is 0 Å². The first-order chi connectivity index (χ1) is 41.8. The number of fused-ring (bicyclic) bond motifs is 1. The normalized spacial score (nSPS) is 50.6. The standard InChI is InChI=1S/C57H90O31/c1-21-51(87-39(66)11-5-22-2-7-26(8-3-22)80-55-47(74)44(71)42(69)37(86-55)20-78-38(65)10-6-23-4-9-28(61)29(62)12-23)45(72)49(76)54(79-21)88-53-36(19-59)85-57(50(77)46(53)73)83-34-17-27-32(81-52(34)24-13-30(63)40(67)31(64)14-24)15-25(60)16-33(27)82-56-48(75)43(70)41(68)35(18-58)84-56/h5-6,10-11,21-37,40-64,67-77H,2-4,7-9,12-20H2,1H3. The molecule has 9 fully saturated rings. The first-order valence-corrected chi connectivity index (χ1v) is 30.6. The van der Waals surface area contributed by atoms with Crippen molar-refractivity contribution in [1.29, 1.82) is 0 Å². The summed E-state index contributed by atoms with van der Waals surface area (Å²) in [7, 11) is 0. The summed E-state index contributed by atoms with van der Waals surface area (Å²) in [4.78, 5) is 25.6. The van der Waals surface area contributed by atoms with Gasteiger partial charge in [0.15, 0.2) is 31.3 Å². The maximum Gasteiger partial charge on any atom is 0.330 e. The molecule has 31 heteroatoms. The quantitative estimate of drug-likeness (QED) is 0.0448. The highest BCUT2D eigenvalue weighted by Crippen LogP contribution is 2.46. The van der Waals surface area contributed by atoms with E-state index >= 15 is 0 Å². The highest BCUT2D eigenvalue weighted by Gasteiger charge is 2.57. The molecule has 0 aromatic heterocycles. The molecule has 31 nitrogen and oxygen atoms in total. The molecule has 0 amide bonds. The number of esters is 2. The molecule has 504 valence electrons. The van der Waals surface area contributed by atoms with Crippen LogP contribution in [0.15, 0.2) is 24.3 Å². The number of ether oxygens (including phenoxy) is 11. The van der Waals surface area contributed by atoms with E-state index in [1.165, 1.54) is 13.0 Å². The number of allylic oxidation sites excluding steroid dienone is 2. The van der Waals surface area contributed by atoms with Crippen molar-refractivity contribution >= 4 is 11.9 Å². The van der Waals surface area contributed by atoms with Crippen LogP contribution in [-0.2, 0) is 61.7 Å². The third-order valence-corrected chi connectivity index (χ3v) is 19.0. The van der Waals surface area contributed by atoms with E-state index in [4.69, 9.17) is 52.1 Å². The second kappa shape index (κ2) is 30.6. The van der Waals surface area contributed by atoms with Crippen molar-refractivity contribution in [3.63, 3.8) is 0 Å². The van der Waals surface area contributed by atoms with Gasteiger partial charge in [-0.25, -0.2) is 9.59 Å². The van der Waals surface area contributed by atoms with Crippen LogP contribution in [0.4, 0.5) is 0 Å². The Morgan fingerprint density at radius 3 is 1.61 bits per heavy atom. The second-order valence-corrected chi connectivity index (χ2v) is 25.2. The van der Waals surface area contributed by atoms with Crippen molar-refractivity contribution in [2.75, 3.05) is 19.8 Å². The Hall–Kier alpha value is -2.66. The van der Waals surface area contributed by atoms with Crippen LogP contribution < -0.4 is 0 Å². The average Bonchev–Trinajstić information content (AvgIpc) is 1.56. The molecule has 88 heavy (non-hydrogen) atoms. The van der Waals surface area contributed by atoms with Gasteiger partial charge in [-0.15, -0.1) is 0 Å². The third kappa shape index (κ3) is 16.1. The minimum absolute atomic E-state index is 0.0314. The summed E-state index contributed by atoms with van der Waals surface area (Å²) < 4.78 is 65.1. The summed E-state index contributed by atoms with van der Waals surface area (Å²) in [6, 6.07) is 0. The number of hydrogen-bond donors (Lipinski definition) is 18. The lowest BCUT2D eigenvalue weighted by molar-refractivity contribution is -0.369. The number of rotatable bonds is 18. The van der Waals surface area contributed by atoms with Gasteiger partial charge in [-0.05, 0) is 95.3 Å². The van der Waals surface area contributed by atoms with Crippen LogP contribution in [0.1, 0.15) is 84.0 Å². The van der Waals surface area contributed by atoms with Crippen molar-refractivity contribution in [3.05, 3.63) is 24.3 Å². The fourth-order valence-electron chi connectivity index (χ4n) is 13.8. The smallest absolute Gasteiger partial charge is 0.330 e. The largest absolute Gasteiger partial charge is 0.460 e. The Bertz CT molecular complexity index is 2260. The summed E-state index contributed by atoms with van der Waals surface area (Å²) in [5, 5.41) is 192. The maximum absolute atomic E-state index is 13.2. The third-order valence-electron chi connectivity index (χ3n) is 19.0. The van der Waals surface area contributed by atoms with E-state index in [2.05, 4.69) is 0 Å². The number of carbonyl (C=O) groups excluding carboxylic acids is 2. The molecule has 5 heterocycles. The first kappa shape index (κ1) is 69.7. The number of aliphatic hydroxyl groups is 18. The van der Waals surface area contributed by atoms with Gasteiger partial charge in [-0.1, -0.05) is 12.2 Å². The Kier molecular flexibility index (Phi) is 24.2. The molecular formula is C57H90O31. The van der Waals surface area contributed by atoms with Crippen LogP contribution in [0.5, 0.6) is 0 Å². The minimum atomic E-state index is -1.98. The molecule has 4 saturated carbocycles. The molecule has 0 aromatic carbocycles. The molecule has 5 saturated heterocycles. The zero-order valence-corrected chi connectivity index (χ0v) is 48.5. The lowest BCUT2D eigenvalue weighted by atomic mass is 9.72. The molecule has 0 radical (unpaired) electrons. The molecule has 0 aromatic rings. The predicted octanol–water partition coefficient (Wildman–Crippen LogP) is -7.26. The lowest BCUT2D eigenvalue weighted by Crippen LogP contribution is -2.65. The molecule has 5 aliphatic heterocycles. The van der Waals surface area contributed by atoms with Crippen LogP contribution >= 0.6 is 0 Å². The van der Waals surface area contributed by atoms with E-state index in [9.17, 15) is 102 Å². The SMILES string of the molecule is CC1OC(OC2C(CO)OC(OC3CC4C(OC5OC(CO)C(O)C(O)C5O)CC(O)CC4OC3C3CC(O)C(O)C(O)C3)C(O)C2O)C(O)C(O)C1OC(=O)C=CC1CCC(OC2OC(COC(=O)C=CC3CCC(O)C(O)C3)C(O)C(O)C2O)CC1. The van der Waals surface area contributed by atoms with Gasteiger partial charge >= 0.3 is 11.9 Å². The highest BCUT2D eigenvalue weighted by molar-refractivity contribution is 5.82. The van der Waals surface area contributed by atoms with Crippen molar-refractivity contribution in [2.24, 2.45) is 23.7 Å². The zero-order chi connectivity index (χ0) is 63.6. The monoisotopic (exact) mass is 1270 g/mol. The van der Waals surface area contributed by atoms with E-state index < -0.39 is 234 Å². The van der Waals surface area contributed by atoms with Crippen LogP contribution in [0, 0.1) is 23.7 Å². The van der Waals surface area contributed by atoms with Crippen LogP contribution in [0.25, 0.3) is 0 Å². The first-order valence-electron chi connectivity index (χ1n) is 30.6. The Balaban J connectivity index is 0.758. The van der Waals surface area contributed by atoms with Gasteiger partial charge in [0.2, 0.25) is 0 Å². The van der Waals surface area contributed by atoms with Crippen LogP contribution in [-0.4, -0.2) is 314 Å². The molecule has 31 unspecified atom stereocenters. The van der Waals surface area contributed by atoms with Gasteiger partial charge in [0.1, 0.15) is 98.2 Å². The molecule has 9 aliphatic rings. The van der Waals surface area contributed by atoms with E-state index in [1.807, 2.05) is 0 Å². The van der Waals surface area contributed by atoms with Gasteiger partial charge in [0.25, 0.3) is 0 Å². The number of aliphatic hydroxyl groups excluding tert-OH is 18. The summed E-state index contributed by atoms with van der Waals surface area (Å²) >= 11 is 0. The van der Waals surface area contributed by atoms with Crippen molar-refractivity contribution in [1.82, 2.24) is 0 Å². The highest BCUT2D eigenvalue weighted by atomic mass is 16.8. The van der Waals surface area contributed by atoms with Crippen molar-refractivity contribution < 1.29 is 154 Å². The fourth-order valence-corrected chi connectivity index (χ4v) is 13.8. The van der Waals surface area contributed by atoms with Crippen molar-refractivity contribution in [3.8, 4) is 0 Å². The second-order valence-electron chi connectivity index (χ2n) is 25.2. The molecule has 0 spiro atoms. The minimum Gasteiger partial charge on any atom is -0.460 e. The summed E-state index contributed by atoms with van der Waals surface area (Å²) in [5.74, 6) is -3.41. The predicted molar refractivity (Wildman–Crippen MR) is 287 cm³/mol. The van der Waals surface area contributed by atoms with E-state index in [-0.39, 0.29) is 50.4 Å². The molecule has 31 atom stereocenters. The molecular weight excluding hydrogens is 1180 g/mol. The van der Waals surface area contributed by atoms with E-state index in [0.29, 0.717) is 38.5 Å². The maximum atomic E-state index is 13.2. The van der Waals surface area contributed by atoms with Crippen LogP contribution in [0.2, 0.25) is 0 Å². The molecule has 9 rings (SSSR count). The summed E-state index contributed by atoms with van der Waals surface area (Å²) in [6.45, 7) is -0.685. The zero-order valence-electron chi connectivity index (χ0n) is 48.5. The van der Waals surface area contributed by atoms with Gasteiger partial charge in [0, 0.05) is 24.5 Å². The molecule has 4 aliphatic carbocycles. The van der Waals surface area contributed by atoms with E-state index in [1.54, 1.807) is 12.2 Å². The van der Waals surface area contributed by atoms with Crippen LogP contribution in [0.3, 0.4) is 0 Å². The Morgan fingerprint density at radius 2 is 0.977 bits per heavy atom. The Morgan fingerprint density at radius 1 is 0.443 bits per heavy atom. The van der Waals surface area contributed by atoms with Gasteiger partial charge in [0.05, 0.1) is 80.4 Å². The Labute approximate surface area is 506 Å². The summed E-state index contributed by atoms with van der Waals surface area (Å²) in [5.41, 5.74) is 0. The average molecular weight is 1270 g/mol. The fraction of sp³-hybridized carbons (Fsp3) is 0.895. The topological polar surface area (TPSA) is 500 Å². The lowest BCUT2D eigenvalue weighted by Gasteiger charge is -2.53. The summed E-state index contributed by atoms with van der Waals surface area (Å²) in [6.07, 6.45) is -36.1. The number of carbonyl (C=O) groups is 2. The molecule has 0 bridgehead atoms. The van der Waals surface area contributed by atoms with Crippen molar-refractivity contribution in [2.45, 2.75) is 274 Å². The van der Waals surface area contributed by atoms with Gasteiger partial charge in [-0.3, -0.25) is 0 Å². The number of hydrogen-bond acceptors (Lipinski definition) is 31. The van der Waals surface area contributed by atoms with E-state index in [0.717, 1.165) is 6.08 Å². The van der Waals surface area contributed by atoms with Gasteiger partial charge < -0.3 is 144 Å². The molecule has 18 N–H and O–H groups in total.